The molecule has 1 rings (SSSR count). The lowest BCUT2D eigenvalue weighted by Crippen LogP contribution is -2.35. The van der Waals surface area contributed by atoms with Gasteiger partial charge in [-0.3, -0.25) is 15.1 Å². The van der Waals surface area contributed by atoms with Crippen LogP contribution in [0.1, 0.15) is 68.0 Å². The van der Waals surface area contributed by atoms with Crippen LogP contribution in [-0.4, -0.2) is 40.5 Å². The van der Waals surface area contributed by atoms with Crippen LogP contribution >= 0.6 is 11.3 Å². The van der Waals surface area contributed by atoms with Crippen molar-refractivity contribution in [1.82, 2.24) is 4.98 Å². The zero-order chi connectivity index (χ0) is 21.0. The maximum atomic E-state index is 12.3. The smallest absolute Gasteiger partial charge is 0.413 e. The van der Waals surface area contributed by atoms with Gasteiger partial charge in [-0.25, -0.2) is 9.78 Å². The molecule has 0 aliphatic heterocycles. The van der Waals surface area contributed by atoms with E-state index in [0.717, 1.165) is 0 Å². The van der Waals surface area contributed by atoms with Crippen molar-refractivity contribution >= 4 is 34.2 Å². The predicted octanol–water partition coefficient (Wildman–Crippen LogP) is 4.67. The Morgan fingerprint density at radius 2 is 1.63 bits per heavy atom. The molecule has 1 amide bonds. The first-order valence-electron chi connectivity index (χ1n) is 8.79. The fraction of sp³-hybridized carbons (Fsp3) is 0.684. The molecule has 0 radical (unpaired) electrons. The number of hydrogen-bond acceptors (Lipinski definition) is 7. The van der Waals surface area contributed by atoms with Crippen LogP contribution in [0.2, 0.25) is 0 Å². The van der Waals surface area contributed by atoms with Crippen molar-refractivity contribution in [3.63, 3.8) is 0 Å². The maximum Gasteiger partial charge on any atom is 0.413 e. The number of carbonyl (C=O) groups is 2. The molecule has 0 aliphatic rings. The normalized spacial score (nSPS) is 13.3. The average Bonchev–Trinajstić information content (AvgIpc) is 2.89. The van der Waals surface area contributed by atoms with Gasteiger partial charge < -0.3 is 9.47 Å². The number of rotatable bonds is 5. The molecule has 0 atom stereocenters. The fourth-order valence-electron chi connectivity index (χ4n) is 1.77. The summed E-state index contributed by atoms with van der Waals surface area (Å²) in [7, 11) is 0. The zero-order valence-electron chi connectivity index (χ0n) is 17.7. The number of carbonyl (C=O) groups excluding carboxylic acids is 2. The number of anilines is 1. The predicted molar refractivity (Wildman–Crippen MR) is 109 cm³/mol. The maximum absolute atomic E-state index is 12.3. The molecule has 0 aromatic carbocycles. The van der Waals surface area contributed by atoms with Crippen molar-refractivity contribution in [3.8, 4) is 0 Å². The summed E-state index contributed by atoms with van der Waals surface area (Å²) < 4.78 is 10.6. The Morgan fingerprint density at radius 3 is 2.15 bits per heavy atom. The number of ether oxygens (including phenoxy) is 2. The van der Waals surface area contributed by atoms with E-state index >= 15 is 0 Å². The summed E-state index contributed by atoms with van der Waals surface area (Å²) >= 11 is 1.28. The van der Waals surface area contributed by atoms with Crippen molar-refractivity contribution in [2.24, 2.45) is 10.4 Å². The van der Waals surface area contributed by atoms with E-state index in [2.05, 4.69) is 15.3 Å². The second-order valence-electron chi connectivity index (χ2n) is 8.95. The zero-order valence-corrected chi connectivity index (χ0v) is 18.5. The Morgan fingerprint density at radius 1 is 1.07 bits per heavy atom. The van der Waals surface area contributed by atoms with Crippen LogP contribution in [0.4, 0.5) is 9.93 Å². The number of nitrogens with one attached hydrogen (secondary N) is 1. The van der Waals surface area contributed by atoms with Crippen LogP contribution in [0, 0.1) is 5.41 Å². The molecule has 7 nitrogen and oxygen atoms in total. The second kappa shape index (κ2) is 8.37. The number of aliphatic imine (C=N–C) groups is 1. The molecule has 8 heteroatoms. The second-order valence-corrected chi connectivity index (χ2v) is 9.81. The van der Waals surface area contributed by atoms with Crippen molar-refractivity contribution in [3.05, 3.63) is 11.1 Å². The minimum atomic E-state index is -0.748. The third-order valence-electron chi connectivity index (χ3n) is 3.15. The summed E-state index contributed by atoms with van der Waals surface area (Å²) in [6, 6.07) is 0. The third kappa shape index (κ3) is 8.51. The lowest BCUT2D eigenvalue weighted by Gasteiger charge is -2.27. The highest BCUT2D eigenvalue weighted by Crippen LogP contribution is 2.23. The number of amides is 1. The molecule has 1 N–H and O–H groups in total. The highest BCUT2D eigenvalue weighted by atomic mass is 32.1. The molecule has 1 aromatic rings. The molecular weight excluding hydrogens is 366 g/mol. The van der Waals surface area contributed by atoms with Crippen LogP contribution in [0.15, 0.2) is 10.4 Å². The van der Waals surface area contributed by atoms with Crippen LogP contribution in [0.3, 0.4) is 0 Å². The molecule has 0 saturated heterocycles. The van der Waals surface area contributed by atoms with Gasteiger partial charge in [-0.05, 0) is 62.3 Å². The molecule has 0 saturated carbocycles. The molecule has 152 valence electrons. The number of thiazole rings is 1. The molecule has 0 bridgehead atoms. The summed E-state index contributed by atoms with van der Waals surface area (Å²) in [4.78, 5) is 32.9. The van der Waals surface area contributed by atoms with E-state index in [9.17, 15) is 9.59 Å². The van der Waals surface area contributed by atoms with Gasteiger partial charge in [0.25, 0.3) is 0 Å². The molecule has 1 aromatic heterocycles. The topological polar surface area (TPSA) is 89.9 Å². The van der Waals surface area contributed by atoms with Gasteiger partial charge in [0.2, 0.25) is 0 Å². The van der Waals surface area contributed by atoms with Crippen LogP contribution in [0.5, 0.6) is 0 Å². The van der Waals surface area contributed by atoms with E-state index in [-0.39, 0.29) is 12.5 Å². The lowest BCUT2D eigenvalue weighted by molar-refractivity contribution is -0.164. The van der Waals surface area contributed by atoms with Gasteiger partial charge in [-0.15, -0.1) is 11.3 Å². The summed E-state index contributed by atoms with van der Waals surface area (Å²) in [5.41, 5.74) is -0.535. The number of hydrogen-bond donors (Lipinski definition) is 1. The van der Waals surface area contributed by atoms with Crippen molar-refractivity contribution < 1.29 is 19.1 Å². The monoisotopic (exact) mass is 397 g/mol. The number of esters is 1. The van der Waals surface area contributed by atoms with Gasteiger partial charge >= 0.3 is 12.1 Å². The van der Waals surface area contributed by atoms with Crippen molar-refractivity contribution in [2.45, 2.75) is 73.5 Å². The van der Waals surface area contributed by atoms with E-state index in [4.69, 9.17) is 9.47 Å². The Labute approximate surface area is 165 Å². The Balaban J connectivity index is 2.74. The Hall–Kier alpha value is -1.96. The highest BCUT2D eigenvalue weighted by Gasteiger charge is 2.32. The van der Waals surface area contributed by atoms with E-state index in [1.165, 1.54) is 11.3 Å². The summed E-state index contributed by atoms with van der Waals surface area (Å²) in [5.74, 6) is -0.294. The lowest BCUT2D eigenvalue weighted by atomic mass is 9.93. The summed E-state index contributed by atoms with van der Waals surface area (Å²) in [6.45, 7) is 16.6. The van der Waals surface area contributed by atoms with Gasteiger partial charge in [0.15, 0.2) is 5.13 Å². The van der Waals surface area contributed by atoms with Gasteiger partial charge in [0, 0.05) is 5.38 Å². The third-order valence-corrected chi connectivity index (χ3v) is 3.90. The minimum Gasteiger partial charge on any atom is -0.460 e. The first-order valence-corrected chi connectivity index (χ1v) is 9.67. The van der Waals surface area contributed by atoms with E-state index in [1.807, 2.05) is 27.7 Å². The van der Waals surface area contributed by atoms with Gasteiger partial charge in [-0.2, -0.15) is 0 Å². The van der Waals surface area contributed by atoms with E-state index in [1.54, 1.807) is 40.0 Å². The van der Waals surface area contributed by atoms with E-state index in [0.29, 0.717) is 16.5 Å². The molecular formula is C19H31N3O4S. The largest absolute Gasteiger partial charge is 0.460 e. The standard InChI is InChI=1S/C19H31N3O4S/c1-12(20-11-19(8,9)14(23)25-17(2,3)4)13-10-27-15(21-13)22-16(24)26-18(5,6)7/h10H,11H2,1-9H3,(H,21,22,24)/b20-12+. The van der Waals surface area contributed by atoms with Gasteiger partial charge in [0.1, 0.15) is 11.2 Å². The quantitative estimate of drug-likeness (QED) is 0.576. The molecule has 0 fully saturated rings. The molecule has 0 spiro atoms. The Bertz CT molecular complexity index is 709. The highest BCUT2D eigenvalue weighted by molar-refractivity contribution is 7.14. The number of nitrogens with zero attached hydrogens (tertiary/aromatic N) is 2. The van der Waals surface area contributed by atoms with E-state index < -0.39 is 22.7 Å². The molecule has 0 aliphatic carbocycles. The summed E-state index contributed by atoms with van der Waals surface area (Å²) in [6.07, 6.45) is -0.552. The van der Waals surface area contributed by atoms with Gasteiger partial charge in [-0.1, -0.05) is 0 Å². The Kier molecular flexibility index (Phi) is 7.16. The molecule has 27 heavy (non-hydrogen) atoms. The van der Waals surface area contributed by atoms with Crippen molar-refractivity contribution in [2.75, 3.05) is 11.9 Å². The molecule has 0 unspecified atom stereocenters. The van der Waals surface area contributed by atoms with Crippen LogP contribution in [-0.2, 0) is 14.3 Å². The van der Waals surface area contributed by atoms with Crippen molar-refractivity contribution in [1.29, 1.82) is 0 Å². The van der Waals surface area contributed by atoms with Crippen LogP contribution < -0.4 is 5.32 Å². The first kappa shape index (κ1) is 23.1. The van der Waals surface area contributed by atoms with Crippen LogP contribution in [0.25, 0.3) is 0 Å². The fourth-order valence-corrected chi connectivity index (χ4v) is 2.51. The minimum absolute atomic E-state index is 0.278. The average molecular weight is 398 g/mol. The summed E-state index contributed by atoms with van der Waals surface area (Å²) in [5, 5.41) is 4.84. The number of aromatic nitrogens is 1. The van der Waals surface area contributed by atoms with Gasteiger partial charge in [0.05, 0.1) is 23.4 Å². The molecule has 1 heterocycles. The first-order chi connectivity index (χ1) is 12.1. The SMILES string of the molecule is C/C(=N\CC(C)(C)C(=O)OC(C)(C)C)c1csc(NC(=O)OC(C)(C)C)n1.